The lowest BCUT2D eigenvalue weighted by molar-refractivity contribution is -0.130. The molecule has 0 saturated heterocycles. The summed E-state index contributed by atoms with van der Waals surface area (Å²) in [6, 6.07) is 16.0. The lowest BCUT2D eigenvalue weighted by atomic mass is 9.98. The van der Waals surface area contributed by atoms with E-state index in [9.17, 15) is 4.79 Å². The molecule has 1 aliphatic heterocycles. The molecule has 1 heterocycles. The van der Waals surface area contributed by atoms with Gasteiger partial charge in [-0.3, -0.25) is 4.79 Å². The first-order chi connectivity index (χ1) is 11.1. The number of amides is 1. The van der Waals surface area contributed by atoms with Crippen LogP contribution >= 0.6 is 0 Å². The lowest BCUT2D eigenvalue weighted by Gasteiger charge is -2.20. The van der Waals surface area contributed by atoms with E-state index in [4.69, 9.17) is 4.74 Å². The highest BCUT2D eigenvalue weighted by Gasteiger charge is 2.31. The zero-order valence-electron chi connectivity index (χ0n) is 13.6. The number of nitrogens with zero attached hydrogens (tertiary/aromatic N) is 2. The molecule has 0 bridgehead atoms. The summed E-state index contributed by atoms with van der Waals surface area (Å²) in [5, 5.41) is 6.13. The molecule has 118 valence electrons. The van der Waals surface area contributed by atoms with Gasteiger partial charge in [0.25, 0.3) is 0 Å². The molecule has 0 aliphatic carbocycles. The first-order valence-electron chi connectivity index (χ1n) is 7.67. The standard InChI is InChI=1S/C19H20N2O2/c1-13-7-9-15(10-8-13)18-12-19(21(20-18)14(2)22)16-5-4-6-17(11-16)23-3/h4-11,19H,12H2,1-3H3. The molecule has 1 amide bonds. The van der Waals surface area contributed by atoms with Crippen molar-refractivity contribution in [3.8, 4) is 5.75 Å². The fourth-order valence-electron chi connectivity index (χ4n) is 2.83. The number of ether oxygens (including phenoxy) is 1. The molecule has 0 spiro atoms. The molecule has 2 aromatic rings. The summed E-state index contributed by atoms with van der Waals surface area (Å²) in [5.41, 5.74) is 4.24. The van der Waals surface area contributed by atoms with E-state index in [1.54, 1.807) is 19.0 Å². The van der Waals surface area contributed by atoms with Crippen molar-refractivity contribution in [2.24, 2.45) is 5.10 Å². The number of hydrogen-bond acceptors (Lipinski definition) is 3. The van der Waals surface area contributed by atoms with Crippen molar-refractivity contribution < 1.29 is 9.53 Å². The van der Waals surface area contributed by atoms with Crippen molar-refractivity contribution in [3.63, 3.8) is 0 Å². The van der Waals surface area contributed by atoms with E-state index in [-0.39, 0.29) is 11.9 Å². The second-order valence-corrected chi connectivity index (χ2v) is 5.77. The van der Waals surface area contributed by atoms with Gasteiger partial charge in [0.1, 0.15) is 5.75 Å². The Kier molecular flexibility index (Phi) is 4.15. The summed E-state index contributed by atoms with van der Waals surface area (Å²) in [7, 11) is 1.64. The fraction of sp³-hybridized carbons (Fsp3) is 0.263. The van der Waals surface area contributed by atoms with Crippen LogP contribution in [0.15, 0.2) is 53.6 Å². The number of aryl methyl sites for hydroxylation is 1. The van der Waals surface area contributed by atoms with Crippen molar-refractivity contribution in [1.82, 2.24) is 5.01 Å². The van der Waals surface area contributed by atoms with E-state index in [0.29, 0.717) is 6.42 Å². The van der Waals surface area contributed by atoms with Crippen LogP contribution in [0.25, 0.3) is 0 Å². The predicted molar refractivity (Wildman–Crippen MR) is 90.6 cm³/mol. The summed E-state index contributed by atoms with van der Waals surface area (Å²) < 4.78 is 5.29. The van der Waals surface area contributed by atoms with E-state index >= 15 is 0 Å². The van der Waals surface area contributed by atoms with Crippen LogP contribution in [0, 0.1) is 6.92 Å². The molecule has 2 aromatic carbocycles. The van der Waals surface area contributed by atoms with Crippen LogP contribution in [0.1, 0.15) is 36.1 Å². The van der Waals surface area contributed by atoms with Crippen LogP contribution in [0.5, 0.6) is 5.75 Å². The molecule has 23 heavy (non-hydrogen) atoms. The monoisotopic (exact) mass is 308 g/mol. The van der Waals surface area contributed by atoms with E-state index in [1.807, 2.05) is 24.3 Å². The number of carbonyl (C=O) groups excluding carboxylic acids is 1. The van der Waals surface area contributed by atoms with Crippen LogP contribution in [0.4, 0.5) is 0 Å². The Bertz CT molecular complexity index is 750. The molecule has 3 rings (SSSR count). The van der Waals surface area contributed by atoms with Crippen LogP contribution in [0.2, 0.25) is 0 Å². The Labute approximate surface area is 136 Å². The Morgan fingerprint density at radius 1 is 1.22 bits per heavy atom. The predicted octanol–water partition coefficient (Wildman–Crippen LogP) is 3.70. The van der Waals surface area contributed by atoms with Gasteiger partial charge in [0, 0.05) is 13.3 Å². The number of hydrogen-bond donors (Lipinski definition) is 0. The molecular weight excluding hydrogens is 288 g/mol. The van der Waals surface area contributed by atoms with Crippen molar-refractivity contribution in [2.45, 2.75) is 26.3 Å². The van der Waals surface area contributed by atoms with Crippen molar-refractivity contribution in [3.05, 3.63) is 65.2 Å². The van der Waals surface area contributed by atoms with Gasteiger partial charge in [-0.1, -0.05) is 42.0 Å². The van der Waals surface area contributed by atoms with Crippen LogP contribution in [0.3, 0.4) is 0 Å². The first kappa shape index (κ1) is 15.3. The minimum absolute atomic E-state index is 0.0556. The maximum atomic E-state index is 12.0. The minimum Gasteiger partial charge on any atom is -0.497 e. The molecule has 1 atom stereocenters. The minimum atomic E-state index is -0.0843. The average molecular weight is 308 g/mol. The molecule has 0 saturated carbocycles. The largest absolute Gasteiger partial charge is 0.497 e. The maximum Gasteiger partial charge on any atom is 0.240 e. The Morgan fingerprint density at radius 2 is 1.96 bits per heavy atom. The Hall–Kier alpha value is -2.62. The SMILES string of the molecule is COc1cccc(C2CC(c3ccc(C)cc3)=NN2C(C)=O)c1. The molecule has 0 aromatic heterocycles. The number of methoxy groups -OCH3 is 1. The number of hydrazone groups is 1. The van der Waals surface area contributed by atoms with E-state index in [2.05, 4.69) is 36.3 Å². The average Bonchev–Trinajstić information content (AvgIpc) is 3.01. The smallest absolute Gasteiger partial charge is 0.240 e. The van der Waals surface area contributed by atoms with Crippen molar-refractivity contribution in [2.75, 3.05) is 7.11 Å². The van der Waals surface area contributed by atoms with Gasteiger partial charge in [0.05, 0.1) is 18.9 Å². The van der Waals surface area contributed by atoms with E-state index in [0.717, 1.165) is 22.6 Å². The van der Waals surface area contributed by atoms with E-state index < -0.39 is 0 Å². The van der Waals surface area contributed by atoms with Gasteiger partial charge in [0.15, 0.2) is 0 Å². The van der Waals surface area contributed by atoms with Gasteiger partial charge >= 0.3 is 0 Å². The zero-order chi connectivity index (χ0) is 16.4. The van der Waals surface area contributed by atoms with Crippen LogP contribution < -0.4 is 4.74 Å². The number of rotatable bonds is 3. The second-order valence-electron chi connectivity index (χ2n) is 5.77. The van der Waals surface area contributed by atoms with E-state index in [1.165, 1.54) is 5.56 Å². The highest BCUT2D eigenvalue weighted by Crippen LogP contribution is 2.34. The second kappa shape index (κ2) is 6.24. The van der Waals surface area contributed by atoms with Gasteiger partial charge in [-0.05, 0) is 30.2 Å². The summed E-state index contributed by atoms with van der Waals surface area (Å²) >= 11 is 0. The molecule has 0 fully saturated rings. The van der Waals surface area contributed by atoms with Gasteiger partial charge in [-0.15, -0.1) is 0 Å². The van der Waals surface area contributed by atoms with Gasteiger partial charge < -0.3 is 4.74 Å². The molecule has 0 radical (unpaired) electrons. The summed E-state index contributed by atoms with van der Waals surface area (Å²) in [5.74, 6) is 0.731. The van der Waals surface area contributed by atoms with Gasteiger partial charge in [-0.25, -0.2) is 5.01 Å². The van der Waals surface area contributed by atoms with Crippen molar-refractivity contribution >= 4 is 11.6 Å². The third-order valence-corrected chi connectivity index (χ3v) is 4.10. The maximum absolute atomic E-state index is 12.0. The molecule has 4 heteroatoms. The van der Waals surface area contributed by atoms with Gasteiger partial charge in [-0.2, -0.15) is 5.10 Å². The fourth-order valence-corrected chi connectivity index (χ4v) is 2.83. The summed E-state index contributed by atoms with van der Waals surface area (Å²) in [4.78, 5) is 12.0. The van der Waals surface area contributed by atoms with Crippen LogP contribution in [-0.4, -0.2) is 23.7 Å². The third kappa shape index (κ3) is 3.11. The molecule has 4 nitrogen and oxygen atoms in total. The number of carbonyl (C=O) groups is 1. The summed E-state index contributed by atoms with van der Waals surface area (Å²) in [6.45, 7) is 3.61. The summed E-state index contributed by atoms with van der Waals surface area (Å²) in [6.07, 6.45) is 0.704. The highest BCUT2D eigenvalue weighted by atomic mass is 16.5. The molecule has 0 N–H and O–H groups in total. The van der Waals surface area contributed by atoms with Gasteiger partial charge in [0.2, 0.25) is 5.91 Å². The Balaban J connectivity index is 1.93. The third-order valence-electron chi connectivity index (χ3n) is 4.10. The Morgan fingerprint density at radius 3 is 2.61 bits per heavy atom. The topological polar surface area (TPSA) is 41.9 Å². The zero-order valence-corrected chi connectivity index (χ0v) is 13.6. The molecular formula is C19H20N2O2. The van der Waals surface area contributed by atoms with Crippen molar-refractivity contribution in [1.29, 1.82) is 0 Å². The normalized spacial score (nSPS) is 17.1. The molecule has 1 aliphatic rings. The highest BCUT2D eigenvalue weighted by molar-refractivity contribution is 6.03. The lowest BCUT2D eigenvalue weighted by Crippen LogP contribution is -2.24. The quantitative estimate of drug-likeness (QED) is 0.867. The molecule has 1 unspecified atom stereocenters. The van der Waals surface area contributed by atoms with Crippen LogP contribution in [-0.2, 0) is 4.79 Å². The first-order valence-corrected chi connectivity index (χ1v) is 7.67. The number of benzene rings is 2.